The molecule has 3 rings (SSSR count). The Morgan fingerprint density at radius 1 is 1.36 bits per heavy atom. The molecule has 2 aliphatic carbocycles. The smallest absolute Gasteiger partial charge is 0.321 e. The molecule has 1 aromatic heterocycles. The lowest BCUT2D eigenvalue weighted by molar-refractivity contribution is 0.144. The molecular weight excluding hydrogens is 300 g/mol. The number of nitrogens with one attached hydrogen (secondary N) is 2. The Balaban J connectivity index is 1.50. The summed E-state index contributed by atoms with van der Waals surface area (Å²) in [5, 5.41) is 15.6. The third-order valence-corrected chi connectivity index (χ3v) is 5.44. The first-order chi connectivity index (χ1) is 10.4. The highest BCUT2D eigenvalue weighted by Gasteiger charge is 2.47. The number of nitrogens with zero attached hydrogens (tertiary/aromatic N) is 2. The van der Waals surface area contributed by atoms with Gasteiger partial charge in [-0.2, -0.15) is 4.37 Å². The number of carbonyl (C=O) groups is 1. The van der Waals surface area contributed by atoms with E-state index in [2.05, 4.69) is 20.0 Å². The molecule has 1 unspecified atom stereocenters. The average Bonchev–Trinajstić information content (AvgIpc) is 3.00. The minimum Gasteiger partial charge on any atom is -0.396 e. The SMILES string of the molecule is CC(C)(C)c1nsc(NC(=O)N[C@@H]2C[C@@H]3CC(CO)C[C@@H]32)n1. The van der Waals surface area contributed by atoms with Gasteiger partial charge in [0.15, 0.2) is 0 Å². The maximum Gasteiger partial charge on any atom is 0.321 e. The predicted molar refractivity (Wildman–Crippen MR) is 86.0 cm³/mol. The minimum absolute atomic E-state index is 0.114. The number of fused-ring (bicyclic) bond motifs is 1. The molecule has 2 fully saturated rings. The summed E-state index contributed by atoms with van der Waals surface area (Å²) in [6.45, 7) is 6.41. The first kappa shape index (κ1) is 15.7. The summed E-state index contributed by atoms with van der Waals surface area (Å²) in [7, 11) is 0. The monoisotopic (exact) mass is 324 g/mol. The highest BCUT2D eigenvalue weighted by atomic mass is 32.1. The third kappa shape index (κ3) is 3.10. The summed E-state index contributed by atoms with van der Waals surface area (Å²) in [6.07, 6.45) is 3.16. The largest absolute Gasteiger partial charge is 0.396 e. The van der Waals surface area contributed by atoms with Crippen LogP contribution in [0.25, 0.3) is 0 Å². The zero-order valence-electron chi connectivity index (χ0n) is 13.3. The topological polar surface area (TPSA) is 87.1 Å². The van der Waals surface area contributed by atoms with Crippen LogP contribution in [0.5, 0.6) is 0 Å². The summed E-state index contributed by atoms with van der Waals surface area (Å²) >= 11 is 1.21. The van der Waals surface area contributed by atoms with Crippen LogP contribution < -0.4 is 10.6 Å². The number of aromatic nitrogens is 2. The van der Waals surface area contributed by atoms with E-state index in [0.717, 1.165) is 25.1 Å². The van der Waals surface area contributed by atoms with Crippen molar-refractivity contribution in [2.24, 2.45) is 17.8 Å². The van der Waals surface area contributed by atoms with Crippen LogP contribution in [0.15, 0.2) is 0 Å². The molecular formula is C15H24N4O2S. The van der Waals surface area contributed by atoms with E-state index in [1.807, 2.05) is 20.8 Å². The summed E-state index contributed by atoms with van der Waals surface area (Å²) in [5.41, 5.74) is -0.114. The molecule has 1 heterocycles. The zero-order valence-corrected chi connectivity index (χ0v) is 14.1. The standard InChI is InChI=1S/C15H24N4O2S/c1-15(2,3)12-17-14(22-19-12)18-13(21)16-11-6-9-4-8(7-20)5-10(9)11/h8-11,20H,4-7H2,1-3H3,(H2,16,17,18,19,21)/t8?,9-,10-,11+/m0/s1. The quantitative estimate of drug-likeness (QED) is 0.796. The van der Waals surface area contributed by atoms with Gasteiger partial charge in [-0.1, -0.05) is 20.8 Å². The van der Waals surface area contributed by atoms with Crippen molar-refractivity contribution in [2.75, 3.05) is 11.9 Å². The van der Waals surface area contributed by atoms with Gasteiger partial charge >= 0.3 is 6.03 Å². The van der Waals surface area contributed by atoms with Crippen molar-refractivity contribution in [1.29, 1.82) is 0 Å². The Hall–Kier alpha value is -1.21. The lowest BCUT2D eigenvalue weighted by atomic mass is 9.71. The van der Waals surface area contributed by atoms with Crippen LogP contribution in [0, 0.1) is 17.8 Å². The average molecular weight is 324 g/mol. The summed E-state index contributed by atoms with van der Waals surface area (Å²) in [6, 6.07) is 0.0315. The predicted octanol–water partition coefficient (Wildman–Crippen LogP) is 2.36. The van der Waals surface area contributed by atoms with Gasteiger partial charge in [-0.25, -0.2) is 9.78 Å². The molecule has 0 bridgehead atoms. The van der Waals surface area contributed by atoms with Crippen LogP contribution in [-0.2, 0) is 5.41 Å². The fourth-order valence-electron chi connectivity index (χ4n) is 3.54. The normalized spacial score (nSPS) is 30.5. The van der Waals surface area contributed by atoms with Crippen LogP contribution in [0.3, 0.4) is 0 Å². The molecule has 7 heteroatoms. The van der Waals surface area contributed by atoms with E-state index in [0.29, 0.717) is 22.9 Å². The summed E-state index contributed by atoms with van der Waals surface area (Å²) < 4.78 is 4.29. The van der Waals surface area contributed by atoms with Crippen LogP contribution in [0.2, 0.25) is 0 Å². The molecule has 6 nitrogen and oxygen atoms in total. The van der Waals surface area contributed by atoms with Crippen molar-refractivity contribution in [3.63, 3.8) is 0 Å². The van der Waals surface area contributed by atoms with Crippen molar-refractivity contribution in [2.45, 2.75) is 51.5 Å². The molecule has 0 radical (unpaired) electrons. The molecule has 0 spiro atoms. The molecule has 0 aromatic carbocycles. The van der Waals surface area contributed by atoms with Gasteiger partial charge in [0.05, 0.1) is 0 Å². The Morgan fingerprint density at radius 2 is 2.14 bits per heavy atom. The molecule has 3 N–H and O–H groups in total. The first-order valence-corrected chi connectivity index (χ1v) is 8.66. The molecule has 22 heavy (non-hydrogen) atoms. The van der Waals surface area contributed by atoms with Crippen LogP contribution >= 0.6 is 11.5 Å². The van der Waals surface area contributed by atoms with Gasteiger partial charge in [-0.05, 0) is 37.0 Å². The number of urea groups is 1. The molecule has 2 aliphatic rings. The Morgan fingerprint density at radius 3 is 2.77 bits per heavy atom. The van der Waals surface area contributed by atoms with Gasteiger partial charge in [0, 0.05) is 29.6 Å². The van der Waals surface area contributed by atoms with E-state index >= 15 is 0 Å². The second-order valence-electron chi connectivity index (χ2n) is 7.56. The Kier molecular flexibility index (Phi) is 4.11. The molecule has 2 amide bonds. The minimum atomic E-state index is -0.201. The summed E-state index contributed by atoms with van der Waals surface area (Å²) in [5.74, 6) is 2.37. The number of hydrogen-bond acceptors (Lipinski definition) is 5. The van der Waals surface area contributed by atoms with E-state index < -0.39 is 0 Å². The maximum absolute atomic E-state index is 12.1. The molecule has 122 valence electrons. The molecule has 1 aromatic rings. The number of anilines is 1. The number of aliphatic hydroxyl groups is 1. The van der Waals surface area contributed by atoms with E-state index in [1.54, 1.807) is 0 Å². The number of amides is 2. The van der Waals surface area contributed by atoms with Gasteiger partial charge in [0.25, 0.3) is 0 Å². The Bertz CT molecular complexity index is 554. The zero-order chi connectivity index (χ0) is 15.9. The van der Waals surface area contributed by atoms with Crippen molar-refractivity contribution in [1.82, 2.24) is 14.7 Å². The molecule has 4 atom stereocenters. The number of aliphatic hydroxyl groups excluding tert-OH is 1. The van der Waals surface area contributed by atoms with E-state index in [9.17, 15) is 9.90 Å². The molecule has 0 saturated heterocycles. The molecule has 0 aliphatic heterocycles. The van der Waals surface area contributed by atoms with Gasteiger partial charge in [0.2, 0.25) is 5.13 Å². The number of rotatable bonds is 3. The van der Waals surface area contributed by atoms with Crippen molar-refractivity contribution in [3.8, 4) is 0 Å². The van der Waals surface area contributed by atoms with E-state index in [4.69, 9.17) is 0 Å². The van der Waals surface area contributed by atoms with Crippen LogP contribution in [0.1, 0.15) is 45.9 Å². The first-order valence-electron chi connectivity index (χ1n) is 7.89. The highest BCUT2D eigenvalue weighted by molar-refractivity contribution is 7.09. The maximum atomic E-state index is 12.1. The van der Waals surface area contributed by atoms with Crippen molar-refractivity contribution in [3.05, 3.63) is 5.82 Å². The number of hydrogen-bond donors (Lipinski definition) is 3. The fourth-order valence-corrected chi connectivity index (χ4v) is 4.29. The number of carbonyl (C=O) groups excluding carboxylic acids is 1. The van der Waals surface area contributed by atoms with Gasteiger partial charge in [-0.3, -0.25) is 5.32 Å². The second kappa shape index (κ2) is 5.77. The van der Waals surface area contributed by atoms with Gasteiger partial charge < -0.3 is 10.4 Å². The van der Waals surface area contributed by atoms with Crippen molar-refractivity contribution >= 4 is 22.7 Å². The fraction of sp³-hybridized carbons (Fsp3) is 0.800. The van der Waals surface area contributed by atoms with Crippen molar-refractivity contribution < 1.29 is 9.90 Å². The van der Waals surface area contributed by atoms with E-state index in [-0.39, 0.29) is 24.1 Å². The van der Waals surface area contributed by atoms with Gasteiger partial charge in [-0.15, -0.1) is 0 Å². The van der Waals surface area contributed by atoms with Crippen LogP contribution in [-0.4, -0.2) is 33.1 Å². The van der Waals surface area contributed by atoms with Gasteiger partial charge in [0.1, 0.15) is 5.82 Å². The highest BCUT2D eigenvalue weighted by Crippen LogP contribution is 2.49. The lowest BCUT2D eigenvalue weighted by Gasteiger charge is -2.40. The third-order valence-electron chi connectivity index (χ3n) is 4.81. The molecule has 2 saturated carbocycles. The lowest BCUT2D eigenvalue weighted by Crippen LogP contribution is -2.51. The second-order valence-corrected chi connectivity index (χ2v) is 8.31. The summed E-state index contributed by atoms with van der Waals surface area (Å²) in [4.78, 5) is 16.4. The van der Waals surface area contributed by atoms with E-state index in [1.165, 1.54) is 11.5 Å². The van der Waals surface area contributed by atoms with Crippen LogP contribution in [0.4, 0.5) is 9.93 Å². The Labute approximate surface area is 134 Å².